The number of nitrogens with two attached hydrogens (primary N) is 1. The predicted molar refractivity (Wildman–Crippen MR) is 59.2 cm³/mol. The third-order valence-corrected chi connectivity index (χ3v) is 3.34. The third-order valence-electron chi connectivity index (χ3n) is 3.34. The lowest BCUT2D eigenvalue weighted by Crippen LogP contribution is -2.56. The molecular weight excluding hydrogens is 192 g/mol. The molecule has 0 aromatic carbocycles. The van der Waals surface area contributed by atoms with Crippen LogP contribution in [0.1, 0.15) is 39.5 Å². The van der Waals surface area contributed by atoms with Crippen molar-refractivity contribution in [2.45, 2.75) is 51.1 Å². The molecule has 1 atom stereocenters. The van der Waals surface area contributed by atoms with Crippen LogP contribution in [-0.4, -0.2) is 29.2 Å². The van der Waals surface area contributed by atoms with Crippen molar-refractivity contribution in [1.82, 2.24) is 5.32 Å². The smallest absolute Gasteiger partial charge is 0.237 e. The second kappa shape index (κ2) is 4.94. The average molecular weight is 214 g/mol. The van der Waals surface area contributed by atoms with Gasteiger partial charge in [-0.3, -0.25) is 4.79 Å². The molecule has 1 amide bonds. The van der Waals surface area contributed by atoms with Crippen LogP contribution in [0.4, 0.5) is 0 Å². The van der Waals surface area contributed by atoms with E-state index in [9.17, 15) is 9.90 Å². The van der Waals surface area contributed by atoms with Crippen LogP contribution in [0.15, 0.2) is 0 Å². The number of amides is 1. The van der Waals surface area contributed by atoms with Crippen molar-refractivity contribution in [3.63, 3.8) is 0 Å². The zero-order valence-corrected chi connectivity index (χ0v) is 9.62. The van der Waals surface area contributed by atoms with Crippen LogP contribution in [0.5, 0.6) is 0 Å². The van der Waals surface area contributed by atoms with Gasteiger partial charge in [0.1, 0.15) is 0 Å². The molecule has 88 valence electrons. The van der Waals surface area contributed by atoms with Gasteiger partial charge in [0.2, 0.25) is 5.91 Å². The molecule has 0 bridgehead atoms. The van der Waals surface area contributed by atoms with Gasteiger partial charge in [-0.15, -0.1) is 0 Å². The largest absolute Gasteiger partial charge is 0.394 e. The van der Waals surface area contributed by atoms with E-state index >= 15 is 0 Å². The molecule has 15 heavy (non-hydrogen) atoms. The van der Waals surface area contributed by atoms with E-state index in [4.69, 9.17) is 5.73 Å². The van der Waals surface area contributed by atoms with E-state index in [1.165, 1.54) is 0 Å². The fourth-order valence-corrected chi connectivity index (χ4v) is 2.01. The summed E-state index contributed by atoms with van der Waals surface area (Å²) in [6.45, 7) is 3.87. The molecule has 4 N–H and O–H groups in total. The van der Waals surface area contributed by atoms with Crippen LogP contribution in [0.25, 0.3) is 0 Å². The maximum Gasteiger partial charge on any atom is 0.237 e. The van der Waals surface area contributed by atoms with Gasteiger partial charge in [0.25, 0.3) is 0 Å². The van der Waals surface area contributed by atoms with E-state index in [0.717, 1.165) is 25.7 Å². The molecule has 0 saturated heterocycles. The summed E-state index contributed by atoms with van der Waals surface area (Å²) in [5.41, 5.74) is 5.08. The van der Waals surface area contributed by atoms with Gasteiger partial charge in [-0.1, -0.05) is 6.92 Å². The SMILES string of the molecule is CC1CCC(CO)(NC(=O)[C@@H](C)N)CC1. The van der Waals surface area contributed by atoms with E-state index in [0.29, 0.717) is 5.92 Å². The molecule has 4 heteroatoms. The van der Waals surface area contributed by atoms with Crippen LogP contribution in [0.3, 0.4) is 0 Å². The Morgan fingerprint density at radius 1 is 1.60 bits per heavy atom. The van der Waals surface area contributed by atoms with Crippen molar-refractivity contribution in [2.24, 2.45) is 11.7 Å². The normalized spacial score (nSPS) is 33.5. The summed E-state index contributed by atoms with van der Waals surface area (Å²) in [5.74, 6) is 0.524. The summed E-state index contributed by atoms with van der Waals surface area (Å²) in [5, 5.41) is 12.3. The van der Waals surface area contributed by atoms with Crippen molar-refractivity contribution in [3.8, 4) is 0 Å². The summed E-state index contributed by atoms with van der Waals surface area (Å²) in [7, 11) is 0. The van der Waals surface area contributed by atoms with Crippen molar-refractivity contribution in [3.05, 3.63) is 0 Å². The monoisotopic (exact) mass is 214 g/mol. The zero-order chi connectivity index (χ0) is 11.5. The van der Waals surface area contributed by atoms with Gasteiger partial charge in [-0.2, -0.15) is 0 Å². The quantitative estimate of drug-likeness (QED) is 0.636. The Morgan fingerprint density at radius 3 is 2.53 bits per heavy atom. The highest BCUT2D eigenvalue weighted by Gasteiger charge is 2.35. The number of carbonyl (C=O) groups is 1. The Bertz CT molecular complexity index is 221. The minimum Gasteiger partial charge on any atom is -0.394 e. The molecule has 1 aliphatic carbocycles. The van der Waals surface area contributed by atoms with Crippen molar-refractivity contribution < 1.29 is 9.90 Å². The second-order valence-corrected chi connectivity index (χ2v) is 4.90. The number of carbonyl (C=O) groups excluding carboxylic acids is 1. The molecule has 0 aromatic heterocycles. The fourth-order valence-electron chi connectivity index (χ4n) is 2.01. The molecule has 0 aliphatic heterocycles. The summed E-state index contributed by atoms with van der Waals surface area (Å²) in [6, 6.07) is -0.507. The minimum absolute atomic E-state index is 0.0121. The Kier molecular flexibility index (Phi) is 4.11. The highest BCUT2D eigenvalue weighted by molar-refractivity contribution is 5.81. The lowest BCUT2D eigenvalue weighted by Gasteiger charge is -2.39. The maximum absolute atomic E-state index is 11.5. The highest BCUT2D eigenvalue weighted by Crippen LogP contribution is 2.31. The molecule has 1 fully saturated rings. The van der Waals surface area contributed by atoms with Crippen molar-refractivity contribution in [2.75, 3.05) is 6.61 Å². The average Bonchev–Trinajstić information content (AvgIpc) is 2.21. The number of hydrogen-bond acceptors (Lipinski definition) is 3. The lowest BCUT2D eigenvalue weighted by atomic mass is 9.77. The Morgan fingerprint density at radius 2 is 2.13 bits per heavy atom. The number of hydrogen-bond donors (Lipinski definition) is 3. The van der Waals surface area contributed by atoms with Crippen LogP contribution < -0.4 is 11.1 Å². The van der Waals surface area contributed by atoms with Gasteiger partial charge in [-0.25, -0.2) is 0 Å². The van der Waals surface area contributed by atoms with E-state index in [-0.39, 0.29) is 12.5 Å². The highest BCUT2D eigenvalue weighted by atomic mass is 16.3. The summed E-state index contributed by atoms with van der Waals surface area (Å²) < 4.78 is 0. The van der Waals surface area contributed by atoms with Gasteiger partial charge in [0.05, 0.1) is 18.2 Å². The summed E-state index contributed by atoms with van der Waals surface area (Å²) in [4.78, 5) is 11.5. The zero-order valence-electron chi connectivity index (χ0n) is 9.62. The first-order valence-corrected chi connectivity index (χ1v) is 5.67. The van der Waals surface area contributed by atoms with Crippen LogP contribution in [-0.2, 0) is 4.79 Å². The van der Waals surface area contributed by atoms with Crippen molar-refractivity contribution in [1.29, 1.82) is 0 Å². The topological polar surface area (TPSA) is 75.3 Å². The minimum atomic E-state index is -0.507. The van der Waals surface area contributed by atoms with Crippen LogP contribution in [0, 0.1) is 5.92 Å². The van der Waals surface area contributed by atoms with Crippen LogP contribution in [0.2, 0.25) is 0 Å². The van der Waals surface area contributed by atoms with Gasteiger partial charge in [0.15, 0.2) is 0 Å². The number of aliphatic hydroxyl groups excluding tert-OH is 1. The fraction of sp³-hybridized carbons (Fsp3) is 0.909. The number of nitrogens with one attached hydrogen (secondary N) is 1. The first-order valence-electron chi connectivity index (χ1n) is 5.67. The second-order valence-electron chi connectivity index (χ2n) is 4.90. The number of rotatable bonds is 3. The molecule has 0 heterocycles. The number of aliphatic hydroxyl groups is 1. The van der Waals surface area contributed by atoms with Gasteiger partial charge in [0, 0.05) is 0 Å². The van der Waals surface area contributed by atoms with E-state index < -0.39 is 11.6 Å². The third kappa shape index (κ3) is 3.18. The van der Waals surface area contributed by atoms with Gasteiger partial charge in [-0.05, 0) is 38.5 Å². The molecule has 0 spiro atoms. The maximum atomic E-state index is 11.5. The molecule has 0 unspecified atom stereocenters. The molecule has 4 nitrogen and oxygen atoms in total. The Balaban J connectivity index is 2.57. The molecular formula is C11H22N2O2. The molecule has 1 saturated carbocycles. The molecule has 0 radical (unpaired) electrons. The summed E-state index contributed by atoms with van der Waals surface area (Å²) >= 11 is 0. The van der Waals surface area contributed by atoms with Crippen LogP contribution >= 0.6 is 0 Å². The van der Waals surface area contributed by atoms with Gasteiger partial charge >= 0.3 is 0 Å². The molecule has 0 aromatic rings. The molecule has 1 rings (SSSR count). The first kappa shape index (κ1) is 12.5. The van der Waals surface area contributed by atoms with E-state index in [1.807, 2.05) is 0 Å². The first-order chi connectivity index (χ1) is 6.99. The van der Waals surface area contributed by atoms with E-state index in [1.54, 1.807) is 6.92 Å². The van der Waals surface area contributed by atoms with Crippen molar-refractivity contribution >= 4 is 5.91 Å². The standard InChI is InChI=1S/C11H22N2O2/c1-8-3-5-11(7-14,6-4-8)13-10(15)9(2)12/h8-9,14H,3-7,12H2,1-2H3,(H,13,15)/t8?,9-,11?/m1/s1. The summed E-state index contributed by atoms with van der Waals surface area (Å²) in [6.07, 6.45) is 3.81. The van der Waals surface area contributed by atoms with E-state index in [2.05, 4.69) is 12.2 Å². The Labute approximate surface area is 91.2 Å². The van der Waals surface area contributed by atoms with Gasteiger partial charge < -0.3 is 16.2 Å². The molecule has 1 aliphatic rings. The Hall–Kier alpha value is -0.610. The predicted octanol–water partition coefficient (Wildman–Crippen LogP) is 0.391. The lowest BCUT2D eigenvalue weighted by molar-refractivity contribution is -0.125.